The Kier molecular flexibility index (Phi) is 3.82. The van der Waals surface area contributed by atoms with Crippen LogP contribution in [0, 0.1) is 6.92 Å². The molecule has 0 amide bonds. The quantitative estimate of drug-likeness (QED) is 0.894. The van der Waals surface area contributed by atoms with Crippen molar-refractivity contribution in [2.45, 2.75) is 20.4 Å². The number of rotatable bonds is 4. The van der Waals surface area contributed by atoms with Gasteiger partial charge in [0, 0.05) is 12.2 Å². The Bertz CT molecular complexity index is 505. The van der Waals surface area contributed by atoms with E-state index < -0.39 is 0 Å². The van der Waals surface area contributed by atoms with Crippen molar-refractivity contribution in [3.05, 3.63) is 53.9 Å². The first-order chi connectivity index (χ1) is 8.69. The van der Waals surface area contributed by atoms with E-state index in [1.807, 2.05) is 12.1 Å². The van der Waals surface area contributed by atoms with E-state index in [4.69, 9.17) is 5.73 Å². The highest BCUT2D eigenvalue weighted by Crippen LogP contribution is 2.18. The van der Waals surface area contributed by atoms with Crippen LogP contribution in [0.3, 0.4) is 0 Å². The summed E-state index contributed by atoms with van der Waals surface area (Å²) in [4.78, 5) is 6.64. The average Bonchev–Trinajstić information content (AvgIpc) is 2.38. The van der Waals surface area contributed by atoms with Crippen molar-refractivity contribution in [3.8, 4) is 0 Å². The Morgan fingerprint density at radius 2 is 2.06 bits per heavy atom. The van der Waals surface area contributed by atoms with Crippen LogP contribution in [0.1, 0.15) is 18.2 Å². The van der Waals surface area contributed by atoms with E-state index in [1.165, 1.54) is 11.3 Å². The molecule has 0 aliphatic heterocycles. The van der Waals surface area contributed by atoms with E-state index in [1.54, 1.807) is 6.20 Å². The molecule has 1 aromatic carbocycles. The molecule has 2 aromatic rings. The molecule has 0 aliphatic rings. The Morgan fingerprint density at radius 1 is 1.22 bits per heavy atom. The van der Waals surface area contributed by atoms with Crippen LogP contribution in [0.15, 0.2) is 42.6 Å². The molecule has 3 nitrogen and oxygen atoms in total. The summed E-state index contributed by atoms with van der Waals surface area (Å²) in [6.07, 6.45) is 1.71. The summed E-state index contributed by atoms with van der Waals surface area (Å²) in [5.74, 6) is 0. The second-order valence-corrected chi connectivity index (χ2v) is 4.44. The minimum absolute atomic E-state index is 0.706. The number of aromatic nitrogens is 1. The van der Waals surface area contributed by atoms with E-state index in [0.717, 1.165) is 18.8 Å². The number of nitrogen functional groups attached to an aromatic ring is 1. The fourth-order valence-electron chi connectivity index (χ4n) is 1.94. The number of benzene rings is 1. The second-order valence-electron chi connectivity index (χ2n) is 4.44. The fourth-order valence-corrected chi connectivity index (χ4v) is 1.94. The maximum atomic E-state index is 5.64. The first-order valence-electron chi connectivity index (χ1n) is 6.21. The number of pyridine rings is 1. The van der Waals surface area contributed by atoms with Crippen molar-refractivity contribution in [1.29, 1.82) is 0 Å². The third-order valence-corrected chi connectivity index (χ3v) is 2.95. The lowest BCUT2D eigenvalue weighted by Gasteiger charge is -2.23. The number of hydrogen-bond donors (Lipinski definition) is 1. The van der Waals surface area contributed by atoms with Crippen molar-refractivity contribution >= 4 is 11.4 Å². The lowest BCUT2D eigenvalue weighted by atomic mass is 10.2. The summed E-state index contributed by atoms with van der Waals surface area (Å²) in [6, 6.07) is 12.4. The van der Waals surface area contributed by atoms with Crippen molar-refractivity contribution in [2.24, 2.45) is 0 Å². The van der Waals surface area contributed by atoms with Crippen LogP contribution in [0.25, 0.3) is 0 Å². The molecule has 0 fully saturated rings. The topological polar surface area (TPSA) is 42.1 Å². The predicted molar refractivity (Wildman–Crippen MR) is 76.6 cm³/mol. The molecule has 2 rings (SSSR count). The second kappa shape index (κ2) is 5.54. The molecule has 0 aliphatic carbocycles. The molecule has 0 saturated carbocycles. The average molecular weight is 241 g/mol. The molecular weight excluding hydrogens is 222 g/mol. The zero-order chi connectivity index (χ0) is 13.0. The van der Waals surface area contributed by atoms with Crippen molar-refractivity contribution < 1.29 is 0 Å². The van der Waals surface area contributed by atoms with Gasteiger partial charge in [0.1, 0.15) is 0 Å². The third-order valence-electron chi connectivity index (χ3n) is 2.95. The first kappa shape index (κ1) is 12.4. The van der Waals surface area contributed by atoms with Gasteiger partial charge in [-0.25, -0.2) is 0 Å². The van der Waals surface area contributed by atoms with Crippen LogP contribution in [0.5, 0.6) is 0 Å². The Hall–Kier alpha value is -2.03. The van der Waals surface area contributed by atoms with Crippen molar-refractivity contribution in [2.75, 3.05) is 17.2 Å². The van der Waals surface area contributed by atoms with Crippen molar-refractivity contribution in [1.82, 2.24) is 4.98 Å². The number of nitrogens with two attached hydrogens (primary N) is 1. The van der Waals surface area contributed by atoms with Crippen LogP contribution in [0.4, 0.5) is 11.4 Å². The SMILES string of the molecule is CCN(Cc1ccc(N)cn1)c1cccc(C)c1. The van der Waals surface area contributed by atoms with Gasteiger partial charge >= 0.3 is 0 Å². The summed E-state index contributed by atoms with van der Waals surface area (Å²) in [5, 5.41) is 0. The van der Waals surface area contributed by atoms with E-state index >= 15 is 0 Å². The van der Waals surface area contributed by atoms with Gasteiger partial charge < -0.3 is 10.6 Å². The minimum atomic E-state index is 0.706. The molecule has 0 radical (unpaired) electrons. The maximum Gasteiger partial charge on any atom is 0.0601 e. The van der Waals surface area contributed by atoms with E-state index in [2.05, 4.69) is 48.0 Å². The first-order valence-corrected chi connectivity index (χ1v) is 6.21. The van der Waals surface area contributed by atoms with Crippen LogP contribution in [0.2, 0.25) is 0 Å². The summed E-state index contributed by atoms with van der Waals surface area (Å²) in [7, 11) is 0. The van der Waals surface area contributed by atoms with Gasteiger partial charge in [0.15, 0.2) is 0 Å². The van der Waals surface area contributed by atoms with Gasteiger partial charge in [-0.3, -0.25) is 4.98 Å². The van der Waals surface area contributed by atoms with Gasteiger partial charge in [-0.15, -0.1) is 0 Å². The van der Waals surface area contributed by atoms with Crippen LogP contribution in [-0.2, 0) is 6.54 Å². The zero-order valence-corrected chi connectivity index (χ0v) is 10.9. The molecule has 1 aromatic heterocycles. The molecule has 1 heterocycles. The summed E-state index contributed by atoms with van der Waals surface area (Å²) in [6.45, 7) is 6.02. The van der Waals surface area contributed by atoms with E-state index in [-0.39, 0.29) is 0 Å². The van der Waals surface area contributed by atoms with Gasteiger partial charge in [-0.05, 0) is 43.7 Å². The highest BCUT2D eigenvalue weighted by molar-refractivity contribution is 5.48. The number of anilines is 2. The molecular formula is C15H19N3. The standard InChI is InChI=1S/C15H19N3/c1-3-18(15-6-4-5-12(2)9-15)11-14-8-7-13(16)10-17-14/h4-10H,3,11,16H2,1-2H3. The van der Waals surface area contributed by atoms with Gasteiger partial charge in [-0.1, -0.05) is 12.1 Å². The molecule has 0 bridgehead atoms. The molecule has 0 spiro atoms. The molecule has 3 heteroatoms. The minimum Gasteiger partial charge on any atom is -0.397 e. The molecule has 2 N–H and O–H groups in total. The molecule has 0 unspecified atom stereocenters. The lowest BCUT2D eigenvalue weighted by Crippen LogP contribution is -2.22. The highest BCUT2D eigenvalue weighted by Gasteiger charge is 2.06. The Morgan fingerprint density at radius 3 is 2.67 bits per heavy atom. The zero-order valence-electron chi connectivity index (χ0n) is 10.9. The van der Waals surface area contributed by atoms with Crippen molar-refractivity contribution in [3.63, 3.8) is 0 Å². The van der Waals surface area contributed by atoms with E-state index in [9.17, 15) is 0 Å². The Balaban J connectivity index is 2.17. The molecule has 0 saturated heterocycles. The summed E-state index contributed by atoms with van der Waals surface area (Å²) < 4.78 is 0. The number of hydrogen-bond acceptors (Lipinski definition) is 3. The van der Waals surface area contributed by atoms with Gasteiger partial charge in [0.2, 0.25) is 0 Å². The normalized spacial score (nSPS) is 10.3. The number of aryl methyl sites for hydroxylation is 1. The fraction of sp³-hybridized carbons (Fsp3) is 0.267. The third kappa shape index (κ3) is 3.00. The summed E-state index contributed by atoms with van der Waals surface area (Å²) in [5.41, 5.74) is 9.89. The van der Waals surface area contributed by atoms with Crippen LogP contribution < -0.4 is 10.6 Å². The van der Waals surface area contributed by atoms with Crippen LogP contribution in [-0.4, -0.2) is 11.5 Å². The van der Waals surface area contributed by atoms with E-state index in [0.29, 0.717) is 5.69 Å². The maximum absolute atomic E-state index is 5.64. The van der Waals surface area contributed by atoms with Gasteiger partial charge in [0.05, 0.1) is 24.1 Å². The highest BCUT2D eigenvalue weighted by atomic mass is 15.1. The molecule has 18 heavy (non-hydrogen) atoms. The Labute approximate surface area is 108 Å². The largest absolute Gasteiger partial charge is 0.397 e. The smallest absolute Gasteiger partial charge is 0.0601 e. The van der Waals surface area contributed by atoms with Crippen LogP contribution >= 0.6 is 0 Å². The summed E-state index contributed by atoms with van der Waals surface area (Å²) >= 11 is 0. The molecule has 94 valence electrons. The lowest BCUT2D eigenvalue weighted by molar-refractivity contribution is 0.809. The monoisotopic (exact) mass is 241 g/mol. The van der Waals surface area contributed by atoms with Gasteiger partial charge in [0.25, 0.3) is 0 Å². The van der Waals surface area contributed by atoms with Gasteiger partial charge in [-0.2, -0.15) is 0 Å². The molecule has 0 atom stereocenters. The number of nitrogens with zero attached hydrogens (tertiary/aromatic N) is 2. The predicted octanol–water partition coefficient (Wildman–Crippen LogP) is 3.00.